The topological polar surface area (TPSA) is 42.7 Å². The quantitative estimate of drug-likeness (QED) is 0.794. The minimum absolute atomic E-state index is 0.0588. The van der Waals surface area contributed by atoms with E-state index in [0.717, 1.165) is 12.8 Å². The Morgan fingerprint density at radius 1 is 1.50 bits per heavy atom. The van der Waals surface area contributed by atoms with Crippen LogP contribution in [0.25, 0.3) is 0 Å². The Kier molecular flexibility index (Phi) is 5.09. The number of amides is 1. The van der Waals surface area contributed by atoms with E-state index in [1.165, 1.54) is 0 Å². The van der Waals surface area contributed by atoms with E-state index < -0.39 is 0 Å². The fraction of sp³-hybridized carbons (Fsp3) is 0.583. The van der Waals surface area contributed by atoms with Gasteiger partial charge in [0.2, 0.25) is 0 Å². The van der Waals surface area contributed by atoms with Gasteiger partial charge in [0.15, 0.2) is 10.4 Å². The van der Waals surface area contributed by atoms with E-state index in [4.69, 9.17) is 20.8 Å². The van der Waals surface area contributed by atoms with E-state index in [1.54, 1.807) is 17.0 Å². The molecule has 0 spiro atoms. The molecule has 18 heavy (non-hydrogen) atoms. The van der Waals surface area contributed by atoms with E-state index in [1.807, 2.05) is 0 Å². The third kappa shape index (κ3) is 3.49. The number of nitrogens with zero attached hydrogens (tertiary/aromatic N) is 1. The van der Waals surface area contributed by atoms with Crippen molar-refractivity contribution in [3.63, 3.8) is 0 Å². The normalized spacial score (nSPS) is 17.1. The fourth-order valence-corrected chi connectivity index (χ4v) is 2.42. The summed E-state index contributed by atoms with van der Waals surface area (Å²) in [4.78, 5) is 13.9. The summed E-state index contributed by atoms with van der Waals surface area (Å²) in [6.45, 7) is 1.97. The molecule has 1 saturated heterocycles. The molecule has 1 aliphatic heterocycles. The van der Waals surface area contributed by atoms with Gasteiger partial charge in [0, 0.05) is 19.0 Å². The molecular formula is C12H15BrClNO3. The van der Waals surface area contributed by atoms with E-state index in [9.17, 15) is 4.79 Å². The van der Waals surface area contributed by atoms with Crippen LogP contribution in [0, 0.1) is 0 Å². The smallest absolute Gasteiger partial charge is 0.289 e. The maximum absolute atomic E-state index is 12.1. The van der Waals surface area contributed by atoms with Crippen LogP contribution in [0.2, 0.25) is 0 Å². The molecule has 4 nitrogen and oxygen atoms in total. The van der Waals surface area contributed by atoms with Crippen LogP contribution in [-0.4, -0.2) is 42.5 Å². The molecule has 0 saturated carbocycles. The number of carbonyl (C=O) groups is 1. The Morgan fingerprint density at radius 2 is 2.22 bits per heavy atom. The number of alkyl halides is 1. The molecule has 1 aromatic heterocycles. The van der Waals surface area contributed by atoms with Crippen molar-refractivity contribution in [2.75, 3.05) is 25.6 Å². The van der Waals surface area contributed by atoms with Crippen LogP contribution in [0.15, 0.2) is 21.2 Å². The zero-order chi connectivity index (χ0) is 13.0. The zero-order valence-electron chi connectivity index (χ0n) is 9.90. The molecule has 0 atom stereocenters. The minimum Gasteiger partial charge on any atom is -0.444 e. The first-order valence-electron chi connectivity index (χ1n) is 5.93. The van der Waals surface area contributed by atoms with Crippen molar-refractivity contribution in [3.8, 4) is 0 Å². The summed E-state index contributed by atoms with van der Waals surface area (Å²) in [5.41, 5.74) is 0. The highest BCUT2D eigenvalue weighted by molar-refractivity contribution is 9.10. The van der Waals surface area contributed by atoms with Crippen LogP contribution < -0.4 is 0 Å². The molecule has 0 radical (unpaired) electrons. The van der Waals surface area contributed by atoms with Crippen molar-refractivity contribution in [2.24, 2.45) is 0 Å². The number of furan rings is 1. The average Bonchev–Trinajstić information content (AvgIpc) is 2.83. The molecule has 2 heterocycles. The van der Waals surface area contributed by atoms with Crippen molar-refractivity contribution in [3.05, 3.63) is 22.6 Å². The summed E-state index contributed by atoms with van der Waals surface area (Å²) >= 11 is 8.77. The lowest BCUT2D eigenvalue weighted by Crippen LogP contribution is -2.40. The average molecular weight is 337 g/mol. The van der Waals surface area contributed by atoms with Gasteiger partial charge in [0.05, 0.1) is 12.7 Å². The first-order chi connectivity index (χ1) is 8.70. The first-order valence-corrected chi connectivity index (χ1v) is 7.25. The van der Waals surface area contributed by atoms with E-state index in [2.05, 4.69) is 15.9 Å². The van der Waals surface area contributed by atoms with Crippen molar-refractivity contribution in [1.29, 1.82) is 0 Å². The SMILES string of the molecule is O=C(c1ccc(Br)o1)N1CCC(OCCCl)CC1. The third-order valence-corrected chi connectivity index (χ3v) is 3.52. The highest BCUT2D eigenvalue weighted by atomic mass is 79.9. The van der Waals surface area contributed by atoms with Gasteiger partial charge in [-0.15, -0.1) is 11.6 Å². The van der Waals surface area contributed by atoms with Crippen LogP contribution in [0.3, 0.4) is 0 Å². The van der Waals surface area contributed by atoms with Gasteiger partial charge in [0.25, 0.3) is 5.91 Å². The summed E-state index contributed by atoms with van der Waals surface area (Å²) in [5.74, 6) is 0.832. The number of hydrogen-bond donors (Lipinski definition) is 0. The molecule has 1 aromatic rings. The van der Waals surface area contributed by atoms with E-state index >= 15 is 0 Å². The maximum atomic E-state index is 12.1. The largest absolute Gasteiger partial charge is 0.444 e. The number of hydrogen-bond acceptors (Lipinski definition) is 3. The number of ether oxygens (including phenoxy) is 1. The number of piperidine rings is 1. The molecule has 0 aliphatic carbocycles. The lowest BCUT2D eigenvalue weighted by Gasteiger charge is -2.31. The third-order valence-electron chi connectivity index (χ3n) is 2.94. The predicted octanol–water partition coefficient (Wildman–Crippen LogP) is 2.90. The second-order valence-corrected chi connectivity index (χ2v) is 5.31. The van der Waals surface area contributed by atoms with Crippen LogP contribution in [0.4, 0.5) is 0 Å². The van der Waals surface area contributed by atoms with Gasteiger partial charge in [0.1, 0.15) is 0 Å². The Balaban J connectivity index is 1.84. The highest BCUT2D eigenvalue weighted by Gasteiger charge is 2.25. The standard InChI is InChI=1S/C12H15BrClNO3/c13-11-2-1-10(18-11)12(16)15-6-3-9(4-7-15)17-8-5-14/h1-2,9H,3-8H2. The molecule has 0 aromatic carbocycles. The summed E-state index contributed by atoms with van der Waals surface area (Å²) in [6.07, 6.45) is 1.92. The Labute approximate surface area is 119 Å². The summed E-state index contributed by atoms with van der Waals surface area (Å²) in [6, 6.07) is 3.41. The molecule has 2 rings (SSSR count). The molecule has 0 N–H and O–H groups in total. The number of halogens is 2. The zero-order valence-corrected chi connectivity index (χ0v) is 12.2. The van der Waals surface area contributed by atoms with Crippen molar-refractivity contribution >= 4 is 33.4 Å². The molecular weight excluding hydrogens is 321 g/mol. The molecule has 0 unspecified atom stereocenters. The van der Waals surface area contributed by atoms with Gasteiger partial charge in [-0.1, -0.05) is 0 Å². The Morgan fingerprint density at radius 3 is 2.78 bits per heavy atom. The summed E-state index contributed by atoms with van der Waals surface area (Å²) < 4.78 is 11.4. The predicted molar refractivity (Wildman–Crippen MR) is 72.0 cm³/mol. The molecule has 100 valence electrons. The number of likely N-dealkylation sites (tertiary alicyclic amines) is 1. The van der Waals surface area contributed by atoms with Crippen LogP contribution in [-0.2, 0) is 4.74 Å². The van der Waals surface area contributed by atoms with Gasteiger partial charge >= 0.3 is 0 Å². The van der Waals surface area contributed by atoms with E-state index in [0.29, 0.717) is 36.0 Å². The monoisotopic (exact) mass is 335 g/mol. The van der Waals surface area contributed by atoms with Gasteiger partial charge in [-0.2, -0.15) is 0 Å². The van der Waals surface area contributed by atoms with Crippen LogP contribution in [0.5, 0.6) is 0 Å². The highest BCUT2D eigenvalue weighted by Crippen LogP contribution is 2.19. The maximum Gasteiger partial charge on any atom is 0.289 e. The van der Waals surface area contributed by atoms with Crippen molar-refractivity contribution in [2.45, 2.75) is 18.9 Å². The Bertz CT molecular complexity index is 402. The number of rotatable bonds is 4. The van der Waals surface area contributed by atoms with Crippen molar-refractivity contribution in [1.82, 2.24) is 4.90 Å². The van der Waals surface area contributed by atoms with Gasteiger partial charge < -0.3 is 14.1 Å². The lowest BCUT2D eigenvalue weighted by molar-refractivity contribution is 0.0144. The Hall–Kier alpha value is -0.520. The van der Waals surface area contributed by atoms with Crippen LogP contribution in [0.1, 0.15) is 23.4 Å². The summed E-state index contributed by atoms with van der Waals surface area (Å²) in [5, 5.41) is 0. The van der Waals surface area contributed by atoms with Gasteiger partial charge in [-0.3, -0.25) is 4.79 Å². The molecule has 1 aliphatic rings. The lowest BCUT2D eigenvalue weighted by atomic mass is 10.1. The molecule has 1 fully saturated rings. The second-order valence-electron chi connectivity index (χ2n) is 4.16. The van der Waals surface area contributed by atoms with Gasteiger partial charge in [-0.25, -0.2) is 0 Å². The molecule has 1 amide bonds. The minimum atomic E-state index is -0.0588. The van der Waals surface area contributed by atoms with Crippen molar-refractivity contribution < 1.29 is 13.9 Å². The van der Waals surface area contributed by atoms with Crippen LogP contribution >= 0.6 is 27.5 Å². The second kappa shape index (κ2) is 6.59. The first kappa shape index (κ1) is 13.9. The molecule has 0 bridgehead atoms. The summed E-state index contributed by atoms with van der Waals surface area (Å²) in [7, 11) is 0. The number of carbonyl (C=O) groups excluding carboxylic acids is 1. The van der Waals surface area contributed by atoms with Gasteiger partial charge in [-0.05, 0) is 40.9 Å². The molecule has 6 heteroatoms. The van der Waals surface area contributed by atoms with E-state index in [-0.39, 0.29) is 12.0 Å². The fourth-order valence-electron chi connectivity index (χ4n) is 2.02.